The Morgan fingerprint density at radius 1 is 1.33 bits per heavy atom. The molecule has 1 aromatic carbocycles. The first-order valence-electron chi connectivity index (χ1n) is 8.12. The topological polar surface area (TPSA) is 43.2 Å². The van der Waals surface area contributed by atoms with Gasteiger partial charge in [-0.15, -0.1) is 0 Å². The number of hydrogen-bond donors (Lipinski definition) is 0. The van der Waals surface area contributed by atoms with E-state index in [1.165, 1.54) is 25.0 Å². The van der Waals surface area contributed by atoms with Crippen molar-refractivity contribution < 1.29 is 4.39 Å². The lowest BCUT2D eigenvalue weighted by Crippen LogP contribution is -2.32. The summed E-state index contributed by atoms with van der Waals surface area (Å²) in [7, 11) is 3.94. The monoisotopic (exact) mass is 344 g/mol. The van der Waals surface area contributed by atoms with Gasteiger partial charge in [-0.1, -0.05) is 24.3 Å². The molecule has 0 bridgehead atoms. The van der Waals surface area contributed by atoms with Gasteiger partial charge in [-0.25, -0.2) is 9.37 Å². The molecule has 3 rings (SSSR count). The van der Waals surface area contributed by atoms with Crippen LogP contribution >= 0.6 is 11.3 Å². The molecule has 1 fully saturated rings. The minimum absolute atomic E-state index is 0.0608. The first kappa shape index (κ1) is 16.7. The molecule has 4 nitrogen and oxygen atoms in total. The van der Waals surface area contributed by atoms with Crippen LogP contribution in [0.25, 0.3) is 11.3 Å². The summed E-state index contributed by atoms with van der Waals surface area (Å²) in [6, 6.07) is 6.56. The standard InChI is InChI=1S/C18H21FN4S/c1-12-6-8-23(9-7-12)18-21-16(17(24-18)22(2)3)13-4-5-14(11-20)15(19)10-13/h4-5,10,12H,6-9H2,1-3H3. The average molecular weight is 344 g/mol. The van der Waals surface area contributed by atoms with Gasteiger partial charge in [0, 0.05) is 32.7 Å². The first-order valence-corrected chi connectivity index (χ1v) is 8.94. The van der Waals surface area contributed by atoms with Crippen LogP contribution in [-0.4, -0.2) is 32.2 Å². The Morgan fingerprint density at radius 3 is 2.62 bits per heavy atom. The molecule has 0 N–H and O–H groups in total. The molecule has 0 radical (unpaired) electrons. The van der Waals surface area contributed by atoms with Crippen LogP contribution in [0.1, 0.15) is 25.3 Å². The molecule has 1 aromatic heterocycles. The van der Waals surface area contributed by atoms with Crippen molar-refractivity contribution in [1.29, 1.82) is 5.26 Å². The minimum Gasteiger partial charge on any atom is -0.368 e. The third kappa shape index (κ3) is 3.22. The van der Waals surface area contributed by atoms with Gasteiger partial charge in [0.05, 0.1) is 5.56 Å². The summed E-state index contributed by atoms with van der Waals surface area (Å²) >= 11 is 1.64. The highest BCUT2D eigenvalue weighted by Gasteiger charge is 2.22. The maximum absolute atomic E-state index is 14.0. The van der Waals surface area contributed by atoms with Gasteiger partial charge in [-0.05, 0) is 30.9 Å². The Balaban J connectivity index is 1.98. The summed E-state index contributed by atoms with van der Waals surface area (Å²) in [6.07, 6.45) is 2.36. The second kappa shape index (κ2) is 6.78. The van der Waals surface area contributed by atoms with E-state index in [9.17, 15) is 4.39 Å². The summed E-state index contributed by atoms with van der Waals surface area (Å²) in [5.41, 5.74) is 1.55. The summed E-state index contributed by atoms with van der Waals surface area (Å²) in [6.45, 7) is 4.32. The number of thiazole rings is 1. The van der Waals surface area contributed by atoms with Gasteiger partial charge < -0.3 is 9.80 Å². The van der Waals surface area contributed by atoms with Crippen LogP contribution in [0.5, 0.6) is 0 Å². The van der Waals surface area contributed by atoms with E-state index in [4.69, 9.17) is 10.2 Å². The van der Waals surface area contributed by atoms with E-state index in [1.54, 1.807) is 17.4 Å². The third-order valence-electron chi connectivity index (χ3n) is 4.42. The van der Waals surface area contributed by atoms with Gasteiger partial charge in [-0.3, -0.25) is 0 Å². The maximum Gasteiger partial charge on any atom is 0.187 e. The average Bonchev–Trinajstić information content (AvgIpc) is 3.01. The molecule has 0 atom stereocenters. The summed E-state index contributed by atoms with van der Waals surface area (Å²) < 4.78 is 14.0. The molecule has 2 aromatic rings. The van der Waals surface area contributed by atoms with Crippen molar-refractivity contribution in [3.8, 4) is 17.3 Å². The van der Waals surface area contributed by atoms with E-state index >= 15 is 0 Å². The number of aromatic nitrogens is 1. The molecule has 0 amide bonds. The second-order valence-electron chi connectivity index (χ2n) is 6.52. The van der Waals surface area contributed by atoms with Crippen LogP contribution in [0.2, 0.25) is 0 Å². The van der Waals surface area contributed by atoms with Crippen molar-refractivity contribution >= 4 is 21.5 Å². The Hall–Kier alpha value is -2.13. The largest absolute Gasteiger partial charge is 0.368 e. The minimum atomic E-state index is -0.499. The lowest BCUT2D eigenvalue weighted by molar-refractivity contribution is 0.438. The van der Waals surface area contributed by atoms with Crippen LogP contribution in [0.4, 0.5) is 14.5 Å². The van der Waals surface area contributed by atoms with Gasteiger partial charge in [-0.2, -0.15) is 5.26 Å². The number of anilines is 2. The highest BCUT2D eigenvalue weighted by atomic mass is 32.1. The highest BCUT2D eigenvalue weighted by molar-refractivity contribution is 7.20. The molecule has 0 saturated carbocycles. The molecular formula is C18H21FN4S. The van der Waals surface area contributed by atoms with Crippen LogP contribution in [-0.2, 0) is 0 Å². The van der Waals surface area contributed by atoms with Gasteiger partial charge in [0.2, 0.25) is 0 Å². The number of nitrogens with zero attached hydrogens (tertiary/aromatic N) is 4. The van der Waals surface area contributed by atoms with Crippen molar-refractivity contribution in [1.82, 2.24) is 4.98 Å². The fraction of sp³-hybridized carbons (Fsp3) is 0.444. The first-order chi connectivity index (χ1) is 11.5. The van der Waals surface area contributed by atoms with Crippen LogP contribution in [0, 0.1) is 23.1 Å². The molecule has 1 saturated heterocycles. The zero-order chi connectivity index (χ0) is 17.3. The molecule has 1 aliphatic heterocycles. The normalized spacial score (nSPS) is 15.4. The summed E-state index contributed by atoms with van der Waals surface area (Å²) in [5, 5.41) is 10.9. The number of benzene rings is 1. The quantitative estimate of drug-likeness (QED) is 0.840. The smallest absolute Gasteiger partial charge is 0.187 e. The van der Waals surface area contributed by atoms with Crippen LogP contribution < -0.4 is 9.80 Å². The molecule has 1 aliphatic rings. The molecule has 24 heavy (non-hydrogen) atoms. The number of piperidine rings is 1. The van der Waals surface area contributed by atoms with Gasteiger partial charge >= 0.3 is 0 Å². The van der Waals surface area contributed by atoms with E-state index in [0.717, 1.165) is 34.8 Å². The van der Waals surface area contributed by atoms with E-state index in [-0.39, 0.29) is 5.56 Å². The SMILES string of the molecule is CC1CCN(c2nc(-c3ccc(C#N)c(F)c3)c(N(C)C)s2)CC1. The zero-order valence-electron chi connectivity index (χ0n) is 14.2. The lowest BCUT2D eigenvalue weighted by Gasteiger charge is -2.29. The molecular weight excluding hydrogens is 323 g/mol. The van der Waals surface area contributed by atoms with E-state index in [0.29, 0.717) is 5.56 Å². The van der Waals surface area contributed by atoms with Crippen molar-refractivity contribution in [2.75, 3.05) is 37.0 Å². The molecule has 6 heteroatoms. The van der Waals surface area contributed by atoms with E-state index in [1.807, 2.05) is 25.1 Å². The summed E-state index contributed by atoms with van der Waals surface area (Å²) in [4.78, 5) is 9.13. The van der Waals surface area contributed by atoms with Gasteiger partial charge in [0.15, 0.2) is 5.13 Å². The highest BCUT2D eigenvalue weighted by Crippen LogP contribution is 2.40. The van der Waals surface area contributed by atoms with Crippen molar-refractivity contribution in [3.05, 3.63) is 29.6 Å². The number of hydrogen-bond acceptors (Lipinski definition) is 5. The number of rotatable bonds is 3. The number of halogens is 1. The molecule has 0 spiro atoms. The Kier molecular flexibility index (Phi) is 4.72. The fourth-order valence-corrected chi connectivity index (χ4v) is 3.94. The van der Waals surface area contributed by atoms with Crippen molar-refractivity contribution in [3.63, 3.8) is 0 Å². The molecule has 126 valence electrons. The second-order valence-corrected chi connectivity index (χ2v) is 7.48. The fourth-order valence-electron chi connectivity index (χ4n) is 2.88. The number of nitriles is 1. The summed E-state index contributed by atoms with van der Waals surface area (Å²) in [5.74, 6) is 0.266. The molecule has 0 aliphatic carbocycles. The van der Waals surface area contributed by atoms with Gasteiger partial charge in [0.25, 0.3) is 0 Å². The van der Waals surface area contributed by atoms with Crippen LogP contribution in [0.15, 0.2) is 18.2 Å². The van der Waals surface area contributed by atoms with Crippen molar-refractivity contribution in [2.45, 2.75) is 19.8 Å². The van der Waals surface area contributed by atoms with Gasteiger partial charge in [0.1, 0.15) is 22.6 Å². The third-order valence-corrected chi connectivity index (χ3v) is 5.71. The lowest BCUT2D eigenvalue weighted by atomic mass is 10.00. The van der Waals surface area contributed by atoms with Crippen LogP contribution in [0.3, 0.4) is 0 Å². The molecule has 2 heterocycles. The maximum atomic E-state index is 14.0. The van der Waals surface area contributed by atoms with E-state index < -0.39 is 5.82 Å². The zero-order valence-corrected chi connectivity index (χ0v) is 15.0. The Morgan fingerprint density at radius 2 is 2.04 bits per heavy atom. The predicted octanol–water partition coefficient (Wildman–Crippen LogP) is 4.12. The molecule has 0 unspecified atom stereocenters. The Bertz CT molecular complexity index is 770. The Labute approximate surface area is 146 Å². The van der Waals surface area contributed by atoms with E-state index in [2.05, 4.69) is 11.8 Å². The predicted molar refractivity (Wildman–Crippen MR) is 97.2 cm³/mol. The van der Waals surface area contributed by atoms with Crippen molar-refractivity contribution in [2.24, 2.45) is 5.92 Å².